The summed E-state index contributed by atoms with van der Waals surface area (Å²) in [6.07, 6.45) is 0. The van der Waals surface area contributed by atoms with E-state index in [0.717, 1.165) is 11.1 Å². The van der Waals surface area contributed by atoms with E-state index >= 15 is 0 Å². The summed E-state index contributed by atoms with van der Waals surface area (Å²) in [7, 11) is 0. The minimum absolute atomic E-state index is 0.115. The fourth-order valence-corrected chi connectivity index (χ4v) is 3.00. The number of aromatic hydroxyl groups is 2. The first-order valence-corrected chi connectivity index (χ1v) is 8.46. The quantitative estimate of drug-likeness (QED) is 0.499. The Morgan fingerprint density at radius 3 is 1.56 bits per heavy atom. The lowest BCUT2D eigenvalue weighted by molar-refractivity contribution is 0.477. The first kappa shape index (κ1) is 16.8. The molecular weight excluding hydrogens is 341 g/mol. The Labute approximate surface area is 156 Å². The minimum Gasteiger partial charge on any atom is -0.507 e. The van der Waals surface area contributed by atoms with E-state index in [9.17, 15) is 14.6 Å². The molecule has 0 aliphatic rings. The van der Waals surface area contributed by atoms with Gasteiger partial charge in [0.15, 0.2) is 0 Å². The molecule has 1 aromatic heterocycles. The Hall–Kier alpha value is -3.66. The van der Waals surface area contributed by atoms with Gasteiger partial charge in [0, 0.05) is 11.1 Å². The molecule has 0 aliphatic heterocycles. The van der Waals surface area contributed by atoms with E-state index in [0.29, 0.717) is 22.5 Å². The molecule has 0 unspecified atom stereocenters. The summed E-state index contributed by atoms with van der Waals surface area (Å²) in [6, 6.07) is 23.7. The second kappa shape index (κ2) is 6.92. The van der Waals surface area contributed by atoms with Crippen LogP contribution in [0.15, 0.2) is 84.9 Å². The second-order valence-electron chi connectivity index (χ2n) is 6.17. The summed E-state index contributed by atoms with van der Waals surface area (Å²) in [5, 5.41) is 20.5. The average Bonchev–Trinajstić information content (AvgIpc) is 2.69. The van der Waals surface area contributed by atoms with E-state index in [-0.39, 0.29) is 17.3 Å². The molecule has 0 fully saturated rings. The Kier molecular flexibility index (Phi) is 4.30. The van der Waals surface area contributed by atoms with Gasteiger partial charge in [-0.2, -0.15) is 0 Å². The third-order valence-corrected chi connectivity index (χ3v) is 4.36. The highest BCUT2D eigenvalue weighted by Gasteiger charge is 2.13. The van der Waals surface area contributed by atoms with Gasteiger partial charge in [0.1, 0.15) is 17.3 Å². The highest BCUT2D eigenvalue weighted by Crippen LogP contribution is 2.35. The number of halogens is 1. The lowest BCUT2D eigenvalue weighted by Gasteiger charge is -2.12. The van der Waals surface area contributed by atoms with E-state index in [4.69, 9.17) is 0 Å². The fraction of sp³-hybridized carbons (Fsp3) is 0. The van der Waals surface area contributed by atoms with Gasteiger partial charge in [-0.1, -0.05) is 36.4 Å². The van der Waals surface area contributed by atoms with Crippen molar-refractivity contribution in [3.05, 3.63) is 90.7 Å². The van der Waals surface area contributed by atoms with Crippen molar-refractivity contribution < 1.29 is 14.6 Å². The monoisotopic (exact) mass is 357 g/mol. The van der Waals surface area contributed by atoms with Crippen molar-refractivity contribution >= 4 is 0 Å². The first-order chi connectivity index (χ1) is 13.1. The number of nitrogens with zero attached hydrogens (tertiary/aromatic N) is 1. The maximum Gasteiger partial charge on any atom is 0.124 e. The van der Waals surface area contributed by atoms with Crippen LogP contribution >= 0.6 is 0 Å². The van der Waals surface area contributed by atoms with E-state index in [1.54, 1.807) is 48.5 Å². The molecule has 0 atom stereocenters. The Balaban J connectivity index is 1.95. The smallest absolute Gasteiger partial charge is 0.124 e. The molecule has 4 aromatic rings. The number of phenols is 2. The number of phenolic OH excluding ortho intramolecular Hbond substituents is 2. The fourth-order valence-electron chi connectivity index (χ4n) is 3.00. The largest absolute Gasteiger partial charge is 0.507 e. The van der Waals surface area contributed by atoms with Gasteiger partial charge < -0.3 is 10.2 Å². The minimum atomic E-state index is -0.310. The number of pyridine rings is 1. The molecule has 0 saturated carbocycles. The van der Waals surface area contributed by atoms with Crippen molar-refractivity contribution in [1.29, 1.82) is 0 Å². The van der Waals surface area contributed by atoms with Crippen molar-refractivity contribution in [1.82, 2.24) is 4.98 Å². The molecule has 132 valence electrons. The number of rotatable bonds is 3. The van der Waals surface area contributed by atoms with Crippen LogP contribution in [0.1, 0.15) is 0 Å². The lowest BCUT2D eigenvalue weighted by atomic mass is 9.99. The van der Waals surface area contributed by atoms with Gasteiger partial charge in [-0.3, -0.25) is 0 Å². The van der Waals surface area contributed by atoms with E-state index in [1.165, 1.54) is 12.1 Å². The highest BCUT2D eigenvalue weighted by molar-refractivity contribution is 5.79. The molecular formula is C23H16FNO2. The number of para-hydroxylation sites is 2. The molecule has 3 nitrogen and oxygen atoms in total. The Morgan fingerprint density at radius 2 is 1.07 bits per heavy atom. The van der Waals surface area contributed by atoms with Crippen LogP contribution in [-0.4, -0.2) is 15.2 Å². The summed E-state index contributed by atoms with van der Waals surface area (Å²) in [6.45, 7) is 0. The lowest BCUT2D eigenvalue weighted by Crippen LogP contribution is -1.92. The molecule has 0 saturated heterocycles. The van der Waals surface area contributed by atoms with Crippen LogP contribution in [0, 0.1) is 5.82 Å². The molecule has 27 heavy (non-hydrogen) atoms. The Morgan fingerprint density at radius 1 is 0.593 bits per heavy atom. The van der Waals surface area contributed by atoms with Crippen molar-refractivity contribution in [3.8, 4) is 45.1 Å². The predicted molar refractivity (Wildman–Crippen MR) is 104 cm³/mol. The molecule has 0 spiro atoms. The summed E-state index contributed by atoms with van der Waals surface area (Å²) in [5.41, 5.74) is 3.91. The zero-order chi connectivity index (χ0) is 18.8. The SMILES string of the molecule is Oc1ccccc1-c1cc(-c2ccc(F)cc2)cc(-c2ccccc2O)n1. The average molecular weight is 357 g/mol. The summed E-state index contributed by atoms with van der Waals surface area (Å²) < 4.78 is 13.3. The first-order valence-electron chi connectivity index (χ1n) is 8.46. The molecule has 0 amide bonds. The topological polar surface area (TPSA) is 53.4 Å². The van der Waals surface area contributed by atoms with Gasteiger partial charge in [-0.15, -0.1) is 0 Å². The van der Waals surface area contributed by atoms with Crippen molar-refractivity contribution in [2.24, 2.45) is 0 Å². The molecule has 3 aromatic carbocycles. The third kappa shape index (κ3) is 3.37. The number of benzene rings is 3. The molecule has 1 heterocycles. The number of hydrogen-bond acceptors (Lipinski definition) is 3. The van der Waals surface area contributed by atoms with Crippen LogP contribution in [-0.2, 0) is 0 Å². The van der Waals surface area contributed by atoms with Crippen LogP contribution in [0.5, 0.6) is 11.5 Å². The zero-order valence-electron chi connectivity index (χ0n) is 14.3. The van der Waals surface area contributed by atoms with Crippen LogP contribution < -0.4 is 0 Å². The highest BCUT2D eigenvalue weighted by atomic mass is 19.1. The predicted octanol–water partition coefficient (Wildman–Crippen LogP) is 5.63. The van der Waals surface area contributed by atoms with Crippen LogP contribution in [0.2, 0.25) is 0 Å². The van der Waals surface area contributed by atoms with E-state index in [1.807, 2.05) is 24.3 Å². The molecule has 0 radical (unpaired) electrons. The summed E-state index contributed by atoms with van der Waals surface area (Å²) in [4.78, 5) is 4.64. The van der Waals surface area contributed by atoms with Gasteiger partial charge in [0.2, 0.25) is 0 Å². The number of hydrogen-bond donors (Lipinski definition) is 2. The standard InChI is InChI=1S/C23H16FNO2/c24-17-11-9-15(10-12-17)16-13-20(18-5-1-3-7-22(18)26)25-21(14-16)19-6-2-4-8-23(19)27/h1-14,26-27H. The van der Waals surface area contributed by atoms with Crippen LogP contribution in [0.3, 0.4) is 0 Å². The van der Waals surface area contributed by atoms with E-state index < -0.39 is 0 Å². The van der Waals surface area contributed by atoms with Crippen LogP contribution in [0.25, 0.3) is 33.6 Å². The molecule has 0 aliphatic carbocycles. The maximum absolute atomic E-state index is 13.3. The second-order valence-corrected chi connectivity index (χ2v) is 6.17. The summed E-state index contributed by atoms with van der Waals surface area (Å²) >= 11 is 0. The van der Waals surface area contributed by atoms with E-state index in [2.05, 4.69) is 4.98 Å². The molecule has 2 N–H and O–H groups in total. The maximum atomic E-state index is 13.3. The van der Waals surface area contributed by atoms with Gasteiger partial charge in [0.05, 0.1) is 11.4 Å². The molecule has 0 bridgehead atoms. The van der Waals surface area contributed by atoms with Crippen molar-refractivity contribution in [3.63, 3.8) is 0 Å². The van der Waals surface area contributed by atoms with Gasteiger partial charge in [-0.05, 0) is 59.7 Å². The molecule has 4 heteroatoms. The van der Waals surface area contributed by atoms with Gasteiger partial charge >= 0.3 is 0 Å². The number of aromatic nitrogens is 1. The van der Waals surface area contributed by atoms with Crippen LogP contribution in [0.4, 0.5) is 4.39 Å². The van der Waals surface area contributed by atoms with Gasteiger partial charge in [0.25, 0.3) is 0 Å². The summed E-state index contributed by atoms with van der Waals surface area (Å²) in [5.74, 6) is -0.0800. The Bertz CT molecular complexity index is 1040. The van der Waals surface area contributed by atoms with Gasteiger partial charge in [-0.25, -0.2) is 9.37 Å². The molecule has 4 rings (SSSR count). The normalized spacial score (nSPS) is 10.7. The third-order valence-electron chi connectivity index (χ3n) is 4.36. The van der Waals surface area contributed by atoms with Crippen molar-refractivity contribution in [2.75, 3.05) is 0 Å². The zero-order valence-corrected chi connectivity index (χ0v) is 14.3. The van der Waals surface area contributed by atoms with Crippen molar-refractivity contribution in [2.45, 2.75) is 0 Å².